The zero-order chi connectivity index (χ0) is 15.6. The maximum Gasteiger partial charge on any atom is 0.264 e. The second-order valence-corrected chi connectivity index (χ2v) is 5.92. The van der Waals surface area contributed by atoms with Gasteiger partial charge in [-0.1, -0.05) is 11.6 Å². The molecule has 0 spiro atoms. The number of hydrogen-bond acceptors (Lipinski definition) is 4. The Kier molecular flexibility index (Phi) is 4.74. The normalized spacial score (nSPS) is 12.8. The van der Waals surface area contributed by atoms with Crippen LogP contribution in [-0.2, 0) is 4.79 Å². The first-order valence-corrected chi connectivity index (χ1v) is 7.39. The third-order valence-corrected chi connectivity index (χ3v) is 4.30. The number of aromatic nitrogens is 2. The van der Waals surface area contributed by atoms with E-state index in [1.54, 1.807) is 31.5 Å². The van der Waals surface area contributed by atoms with Gasteiger partial charge in [0, 0.05) is 0 Å². The average Bonchev–Trinajstić information content (AvgIpc) is 2.97. The van der Waals surface area contributed by atoms with Gasteiger partial charge in [-0.3, -0.25) is 9.48 Å². The Labute approximate surface area is 130 Å². The molecular weight excluding hydrogens is 315 g/mol. The minimum absolute atomic E-state index is 0.298. The first kappa shape index (κ1) is 15.7. The number of hydrazone groups is 1. The Morgan fingerprint density at radius 1 is 1.57 bits per heavy atom. The molecule has 21 heavy (non-hydrogen) atoms. The lowest BCUT2D eigenvalue weighted by atomic mass is 10.3. The number of carbonyl (C=O) groups is 1. The molecule has 2 rings (SSSR count). The van der Waals surface area contributed by atoms with Crippen molar-refractivity contribution in [3.8, 4) is 0 Å². The predicted octanol–water partition coefficient (Wildman–Crippen LogP) is 3.07. The summed E-state index contributed by atoms with van der Waals surface area (Å²) >= 11 is 7.00. The van der Waals surface area contributed by atoms with Crippen LogP contribution in [0, 0.1) is 19.0 Å². The van der Waals surface area contributed by atoms with Gasteiger partial charge < -0.3 is 0 Å². The summed E-state index contributed by atoms with van der Waals surface area (Å²) in [6.07, 6.45) is 1.40. The summed E-state index contributed by atoms with van der Waals surface area (Å²) in [6.45, 7) is 5.27. The molecule has 1 atom stereocenters. The quantitative estimate of drug-likeness (QED) is 0.692. The smallest absolute Gasteiger partial charge is 0.264 e. The van der Waals surface area contributed by atoms with Gasteiger partial charge >= 0.3 is 0 Å². The van der Waals surface area contributed by atoms with Crippen LogP contribution in [0.4, 0.5) is 4.39 Å². The van der Waals surface area contributed by atoms with Crippen LogP contribution in [0.25, 0.3) is 0 Å². The second kappa shape index (κ2) is 6.36. The molecule has 0 fully saturated rings. The number of amides is 1. The molecule has 0 saturated heterocycles. The Hall–Kier alpha value is -1.73. The molecule has 0 aliphatic rings. The topological polar surface area (TPSA) is 59.3 Å². The van der Waals surface area contributed by atoms with Gasteiger partial charge in [-0.25, -0.2) is 5.43 Å². The van der Waals surface area contributed by atoms with Crippen LogP contribution in [-0.4, -0.2) is 21.9 Å². The van der Waals surface area contributed by atoms with E-state index in [0.29, 0.717) is 15.6 Å². The van der Waals surface area contributed by atoms with E-state index in [9.17, 15) is 9.18 Å². The minimum atomic E-state index is -0.548. The summed E-state index contributed by atoms with van der Waals surface area (Å²) in [4.78, 5) is 12.6. The van der Waals surface area contributed by atoms with Gasteiger partial charge in [0.05, 0.1) is 27.5 Å². The van der Waals surface area contributed by atoms with Crippen LogP contribution in [0.15, 0.2) is 17.2 Å². The van der Waals surface area contributed by atoms with Crippen molar-refractivity contribution in [3.05, 3.63) is 38.6 Å². The van der Waals surface area contributed by atoms with E-state index in [1.807, 2.05) is 0 Å². The molecule has 0 radical (unpaired) electrons. The third-order valence-electron chi connectivity index (χ3n) is 2.94. The highest BCUT2D eigenvalue weighted by atomic mass is 35.5. The molecule has 5 nitrogen and oxygen atoms in total. The monoisotopic (exact) mass is 328 g/mol. The average molecular weight is 329 g/mol. The van der Waals surface area contributed by atoms with Crippen molar-refractivity contribution in [1.82, 2.24) is 15.2 Å². The third kappa shape index (κ3) is 3.48. The van der Waals surface area contributed by atoms with Crippen molar-refractivity contribution in [2.45, 2.75) is 26.8 Å². The first-order valence-electron chi connectivity index (χ1n) is 6.19. The summed E-state index contributed by atoms with van der Waals surface area (Å²) in [6, 6.07) is 2.38. The standard InChI is InChI=1S/C13H14ClFN4OS/c1-7-12(14)8(2)19(18-7)9(3)13(20)17-16-6-10-4-5-11(15)21-10/h4-6,9H,1-3H3,(H,17,20)/b16-6-/t9-/m1/s1. The van der Waals surface area contributed by atoms with E-state index >= 15 is 0 Å². The molecule has 1 N–H and O–H groups in total. The van der Waals surface area contributed by atoms with Crippen LogP contribution in [0.5, 0.6) is 0 Å². The molecule has 2 heterocycles. The fourth-order valence-electron chi connectivity index (χ4n) is 1.78. The second-order valence-electron chi connectivity index (χ2n) is 4.48. The van der Waals surface area contributed by atoms with Gasteiger partial charge in [0.15, 0.2) is 5.13 Å². The SMILES string of the molecule is Cc1nn([C@H](C)C(=O)N/N=C\c2ccc(F)s2)c(C)c1Cl. The molecule has 8 heteroatoms. The summed E-state index contributed by atoms with van der Waals surface area (Å²) in [7, 11) is 0. The number of halogens is 2. The molecular formula is C13H14ClFN4OS. The van der Waals surface area contributed by atoms with E-state index in [0.717, 1.165) is 17.0 Å². The van der Waals surface area contributed by atoms with Gasteiger partial charge in [0.2, 0.25) is 0 Å². The molecule has 2 aromatic heterocycles. The van der Waals surface area contributed by atoms with Crippen LogP contribution in [0.3, 0.4) is 0 Å². The van der Waals surface area contributed by atoms with E-state index in [2.05, 4.69) is 15.6 Å². The van der Waals surface area contributed by atoms with Crippen molar-refractivity contribution in [2.75, 3.05) is 0 Å². The number of hydrogen-bond donors (Lipinski definition) is 1. The van der Waals surface area contributed by atoms with Crippen LogP contribution in [0.1, 0.15) is 29.2 Å². The highest BCUT2D eigenvalue weighted by Gasteiger charge is 2.20. The molecule has 2 aromatic rings. The lowest BCUT2D eigenvalue weighted by Crippen LogP contribution is -2.28. The summed E-state index contributed by atoms with van der Waals surface area (Å²) in [5.41, 5.74) is 3.80. The number of nitrogens with one attached hydrogen (secondary N) is 1. The maximum absolute atomic E-state index is 12.8. The van der Waals surface area contributed by atoms with Crippen molar-refractivity contribution >= 4 is 35.1 Å². The van der Waals surface area contributed by atoms with E-state index in [1.165, 1.54) is 12.3 Å². The van der Waals surface area contributed by atoms with E-state index in [-0.39, 0.29) is 11.0 Å². The van der Waals surface area contributed by atoms with Crippen LogP contribution < -0.4 is 5.43 Å². The number of thiophene rings is 1. The largest absolute Gasteiger partial charge is 0.271 e. The van der Waals surface area contributed by atoms with Gasteiger partial charge in [-0.05, 0) is 32.9 Å². The summed E-state index contributed by atoms with van der Waals surface area (Å²) in [5.74, 6) is -0.328. The Morgan fingerprint density at radius 2 is 2.29 bits per heavy atom. The maximum atomic E-state index is 12.8. The lowest BCUT2D eigenvalue weighted by molar-refractivity contribution is -0.124. The molecule has 1 amide bonds. The van der Waals surface area contributed by atoms with Crippen molar-refractivity contribution in [1.29, 1.82) is 0 Å². The number of rotatable bonds is 4. The molecule has 0 aliphatic carbocycles. The highest BCUT2D eigenvalue weighted by molar-refractivity contribution is 7.12. The fourth-order valence-corrected chi connectivity index (χ4v) is 2.51. The van der Waals surface area contributed by atoms with Gasteiger partial charge in [0.25, 0.3) is 5.91 Å². The Bertz CT molecular complexity index is 694. The predicted molar refractivity (Wildman–Crippen MR) is 81.4 cm³/mol. The first-order chi connectivity index (χ1) is 9.90. The zero-order valence-corrected chi connectivity index (χ0v) is 13.3. The van der Waals surface area contributed by atoms with Crippen molar-refractivity contribution < 1.29 is 9.18 Å². The van der Waals surface area contributed by atoms with E-state index < -0.39 is 6.04 Å². The Morgan fingerprint density at radius 3 is 2.81 bits per heavy atom. The van der Waals surface area contributed by atoms with Crippen LogP contribution in [0.2, 0.25) is 5.02 Å². The van der Waals surface area contributed by atoms with E-state index in [4.69, 9.17) is 11.6 Å². The molecule has 0 aromatic carbocycles. The Balaban J connectivity index is 2.02. The van der Waals surface area contributed by atoms with Crippen LogP contribution >= 0.6 is 22.9 Å². The molecule has 112 valence electrons. The molecule has 0 unspecified atom stereocenters. The van der Waals surface area contributed by atoms with Gasteiger partial charge in [-0.15, -0.1) is 11.3 Å². The lowest BCUT2D eigenvalue weighted by Gasteiger charge is -2.12. The number of aryl methyl sites for hydroxylation is 1. The van der Waals surface area contributed by atoms with Gasteiger partial charge in [-0.2, -0.15) is 14.6 Å². The van der Waals surface area contributed by atoms with Crippen molar-refractivity contribution in [3.63, 3.8) is 0 Å². The molecule has 0 bridgehead atoms. The van der Waals surface area contributed by atoms with Gasteiger partial charge in [0.1, 0.15) is 6.04 Å². The molecule has 0 saturated carbocycles. The number of carbonyl (C=O) groups excluding carboxylic acids is 1. The summed E-state index contributed by atoms with van der Waals surface area (Å²) in [5, 5.41) is 8.28. The zero-order valence-electron chi connectivity index (χ0n) is 11.7. The van der Waals surface area contributed by atoms with Crippen molar-refractivity contribution in [2.24, 2.45) is 5.10 Å². The fraction of sp³-hybridized carbons (Fsp3) is 0.308. The highest BCUT2D eigenvalue weighted by Crippen LogP contribution is 2.22. The summed E-state index contributed by atoms with van der Waals surface area (Å²) < 4.78 is 14.3. The number of nitrogens with zero attached hydrogens (tertiary/aromatic N) is 3. The molecule has 0 aliphatic heterocycles. The minimum Gasteiger partial charge on any atom is -0.271 e.